The minimum absolute atomic E-state index is 0.143. The summed E-state index contributed by atoms with van der Waals surface area (Å²) in [5.41, 5.74) is 1.76. The molecule has 1 amide bonds. The third-order valence-corrected chi connectivity index (χ3v) is 6.97. The first-order chi connectivity index (χ1) is 16.2. The zero-order valence-electron chi connectivity index (χ0n) is 17.7. The quantitative estimate of drug-likeness (QED) is 0.353. The van der Waals surface area contributed by atoms with Crippen LogP contribution in [0.25, 0.3) is 0 Å². The third-order valence-electron chi connectivity index (χ3n) is 5.17. The molecule has 3 aromatic heterocycles. The van der Waals surface area contributed by atoms with Gasteiger partial charge < -0.3 is 9.15 Å². The molecular weight excluding hydrogens is 460 g/mol. The van der Waals surface area contributed by atoms with Crippen molar-refractivity contribution in [1.29, 1.82) is 0 Å². The molecule has 11 heteroatoms. The van der Waals surface area contributed by atoms with E-state index in [9.17, 15) is 4.79 Å². The van der Waals surface area contributed by atoms with Gasteiger partial charge in [0, 0.05) is 11.3 Å². The Morgan fingerprint density at radius 2 is 2.12 bits per heavy atom. The summed E-state index contributed by atoms with van der Waals surface area (Å²) < 4.78 is 12.6. The number of carbonyl (C=O) groups excluding carboxylic acids is 1. The van der Waals surface area contributed by atoms with Crippen molar-refractivity contribution in [1.82, 2.24) is 25.2 Å². The number of tetrazole rings is 1. The maximum absolute atomic E-state index is 13.2. The molecule has 5 rings (SSSR count). The molecule has 0 bridgehead atoms. The number of rotatable bonds is 8. The number of amides is 1. The van der Waals surface area contributed by atoms with Gasteiger partial charge in [-0.3, -0.25) is 4.79 Å². The Balaban J connectivity index is 1.32. The Morgan fingerprint density at radius 3 is 2.85 bits per heavy atom. The summed E-state index contributed by atoms with van der Waals surface area (Å²) in [6, 6.07) is 15.0. The van der Waals surface area contributed by atoms with E-state index in [-0.39, 0.29) is 17.7 Å². The highest BCUT2D eigenvalue weighted by Gasteiger charge is 2.35. The van der Waals surface area contributed by atoms with Crippen molar-refractivity contribution in [3.05, 3.63) is 76.4 Å². The van der Waals surface area contributed by atoms with E-state index in [0.717, 1.165) is 21.9 Å². The van der Waals surface area contributed by atoms with Crippen LogP contribution in [0.5, 0.6) is 5.75 Å². The molecule has 1 aromatic carbocycles. The lowest BCUT2D eigenvalue weighted by Gasteiger charge is -2.19. The molecule has 0 radical (unpaired) electrons. The number of hydrogen-bond donors (Lipinski definition) is 0. The van der Waals surface area contributed by atoms with Gasteiger partial charge in [0.15, 0.2) is 0 Å². The summed E-state index contributed by atoms with van der Waals surface area (Å²) in [6.45, 7) is 0.569. The van der Waals surface area contributed by atoms with Crippen molar-refractivity contribution in [2.75, 3.05) is 12.9 Å². The minimum Gasteiger partial charge on any atom is -0.497 e. The number of benzene rings is 1. The Labute approximate surface area is 198 Å². The van der Waals surface area contributed by atoms with Crippen molar-refractivity contribution >= 4 is 34.7 Å². The molecule has 168 valence electrons. The van der Waals surface area contributed by atoms with Gasteiger partial charge in [-0.2, -0.15) is 5.10 Å². The van der Waals surface area contributed by atoms with Crippen LogP contribution >= 0.6 is 23.1 Å². The number of methoxy groups -OCH3 is 1. The van der Waals surface area contributed by atoms with Crippen molar-refractivity contribution in [3.8, 4) is 5.75 Å². The summed E-state index contributed by atoms with van der Waals surface area (Å²) >= 11 is 2.93. The average molecular weight is 481 g/mol. The third kappa shape index (κ3) is 4.69. The van der Waals surface area contributed by atoms with Crippen LogP contribution in [0.15, 0.2) is 74.8 Å². The first kappa shape index (κ1) is 21.4. The molecule has 1 atom stereocenters. The van der Waals surface area contributed by atoms with Crippen LogP contribution in [0, 0.1) is 0 Å². The number of thioether (sulfide) groups is 1. The Bertz CT molecular complexity index is 1240. The van der Waals surface area contributed by atoms with E-state index in [1.165, 1.54) is 16.8 Å². The molecule has 0 saturated heterocycles. The van der Waals surface area contributed by atoms with Gasteiger partial charge in [-0.05, 0) is 63.8 Å². The van der Waals surface area contributed by atoms with Gasteiger partial charge >= 0.3 is 0 Å². The summed E-state index contributed by atoms with van der Waals surface area (Å²) in [7, 11) is 1.63. The number of ether oxygens (including phenoxy) is 1. The largest absolute Gasteiger partial charge is 0.497 e. The fourth-order valence-electron chi connectivity index (χ4n) is 3.54. The molecule has 0 fully saturated rings. The van der Waals surface area contributed by atoms with Gasteiger partial charge in [-0.25, -0.2) is 9.69 Å². The second-order valence-corrected chi connectivity index (χ2v) is 9.21. The smallest absolute Gasteiger partial charge is 0.253 e. The van der Waals surface area contributed by atoms with E-state index in [4.69, 9.17) is 9.15 Å². The lowest BCUT2D eigenvalue weighted by atomic mass is 10.0. The van der Waals surface area contributed by atoms with E-state index < -0.39 is 0 Å². The summed E-state index contributed by atoms with van der Waals surface area (Å²) in [5.74, 6) is 1.48. The molecular formula is C22H20N6O3S2. The average Bonchev–Trinajstić information content (AvgIpc) is 3.65. The molecule has 1 unspecified atom stereocenters. The SMILES string of the molecule is COc1ccc(C2=NN(C(=O)CSc3nnnn3Cc3cccs3)C(c3ccco3)C2)cc1. The number of aromatic nitrogens is 4. The molecule has 1 aliphatic heterocycles. The molecule has 33 heavy (non-hydrogen) atoms. The zero-order chi connectivity index (χ0) is 22.6. The summed E-state index contributed by atoms with van der Waals surface area (Å²) in [6.07, 6.45) is 2.17. The lowest BCUT2D eigenvalue weighted by Crippen LogP contribution is -2.28. The van der Waals surface area contributed by atoms with Crippen molar-refractivity contribution in [2.24, 2.45) is 5.10 Å². The Morgan fingerprint density at radius 1 is 1.24 bits per heavy atom. The Hall–Kier alpha value is -3.44. The highest BCUT2D eigenvalue weighted by Crippen LogP contribution is 2.34. The highest BCUT2D eigenvalue weighted by atomic mass is 32.2. The van der Waals surface area contributed by atoms with Gasteiger partial charge in [-0.1, -0.05) is 17.8 Å². The van der Waals surface area contributed by atoms with Gasteiger partial charge in [0.2, 0.25) is 5.16 Å². The first-order valence-corrected chi connectivity index (χ1v) is 12.1. The van der Waals surface area contributed by atoms with Gasteiger partial charge in [0.25, 0.3) is 5.91 Å². The number of hydrogen-bond acceptors (Lipinski definition) is 9. The van der Waals surface area contributed by atoms with E-state index in [1.54, 1.807) is 29.4 Å². The van der Waals surface area contributed by atoms with Gasteiger partial charge in [0.1, 0.15) is 17.6 Å². The van der Waals surface area contributed by atoms with E-state index in [0.29, 0.717) is 23.9 Å². The van der Waals surface area contributed by atoms with Crippen LogP contribution in [-0.4, -0.2) is 49.7 Å². The van der Waals surface area contributed by atoms with Crippen LogP contribution in [0.3, 0.4) is 0 Å². The maximum atomic E-state index is 13.2. The molecule has 0 saturated carbocycles. The van der Waals surface area contributed by atoms with Crippen molar-refractivity contribution in [2.45, 2.75) is 24.2 Å². The number of hydrazone groups is 1. The fourth-order valence-corrected chi connectivity index (χ4v) is 4.96. The normalized spacial score (nSPS) is 15.6. The fraction of sp³-hybridized carbons (Fsp3) is 0.227. The predicted molar refractivity (Wildman–Crippen MR) is 124 cm³/mol. The molecule has 4 aromatic rings. The molecule has 0 spiro atoms. The van der Waals surface area contributed by atoms with E-state index >= 15 is 0 Å². The van der Waals surface area contributed by atoms with Crippen LogP contribution in [0.2, 0.25) is 0 Å². The predicted octanol–water partition coefficient (Wildman–Crippen LogP) is 3.85. The number of carbonyl (C=O) groups is 1. The second kappa shape index (κ2) is 9.59. The topological polar surface area (TPSA) is 98.6 Å². The van der Waals surface area contributed by atoms with E-state index in [1.807, 2.05) is 53.9 Å². The molecule has 1 aliphatic rings. The lowest BCUT2D eigenvalue weighted by molar-refractivity contribution is -0.130. The number of furan rings is 1. The number of thiophene rings is 1. The van der Waals surface area contributed by atoms with Crippen molar-refractivity contribution < 1.29 is 13.9 Å². The Kier molecular flexibility index (Phi) is 6.22. The van der Waals surface area contributed by atoms with Crippen LogP contribution in [0.4, 0.5) is 0 Å². The van der Waals surface area contributed by atoms with Gasteiger partial charge in [-0.15, -0.1) is 16.4 Å². The zero-order valence-corrected chi connectivity index (χ0v) is 19.3. The van der Waals surface area contributed by atoms with Crippen LogP contribution in [0.1, 0.15) is 28.7 Å². The molecule has 0 N–H and O–H groups in total. The van der Waals surface area contributed by atoms with Crippen molar-refractivity contribution in [3.63, 3.8) is 0 Å². The molecule has 4 heterocycles. The van der Waals surface area contributed by atoms with Crippen LogP contribution in [-0.2, 0) is 11.3 Å². The monoisotopic (exact) mass is 480 g/mol. The summed E-state index contributed by atoms with van der Waals surface area (Å²) in [4.78, 5) is 14.4. The van der Waals surface area contributed by atoms with Crippen LogP contribution < -0.4 is 4.74 Å². The molecule has 0 aliphatic carbocycles. The maximum Gasteiger partial charge on any atom is 0.253 e. The minimum atomic E-state index is -0.299. The highest BCUT2D eigenvalue weighted by molar-refractivity contribution is 7.99. The second-order valence-electron chi connectivity index (χ2n) is 7.24. The van der Waals surface area contributed by atoms with Gasteiger partial charge in [0.05, 0.1) is 31.4 Å². The van der Waals surface area contributed by atoms with E-state index in [2.05, 4.69) is 20.6 Å². The summed E-state index contributed by atoms with van der Waals surface area (Å²) in [5, 5.41) is 20.7. The first-order valence-electron chi connectivity index (χ1n) is 10.2. The number of nitrogens with zero attached hydrogens (tertiary/aromatic N) is 6. The molecule has 9 nitrogen and oxygen atoms in total. The standard InChI is InChI=1S/C22H20N6O3S2/c1-30-16-8-6-15(7-9-16)18-12-19(20-5-2-10-31-20)28(24-18)21(29)14-33-22-23-25-26-27(22)13-17-4-3-11-32-17/h2-11,19H,12-14H2,1H3.